The van der Waals surface area contributed by atoms with Crippen LogP contribution < -0.4 is 0 Å². The smallest absolute Gasteiger partial charge is 0.160 e. The van der Waals surface area contributed by atoms with Crippen molar-refractivity contribution in [2.24, 2.45) is 17.8 Å². The van der Waals surface area contributed by atoms with E-state index in [4.69, 9.17) is 0 Å². The Morgan fingerprint density at radius 3 is 2.08 bits per heavy atom. The van der Waals surface area contributed by atoms with Crippen molar-refractivity contribution in [3.05, 3.63) is 12.3 Å². The molecule has 2 nitrogen and oxygen atoms in total. The molecule has 68 valence electrons. The molecular weight excluding hydrogens is 150 g/mol. The van der Waals surface area contributed by atoms with Crippen molar-refractivity contribution in [2.75, 3.05) is 14.1 Å². The molecule has 0 aromatic rings. The van der Waals surface area contributed by atoms with Gasteiger partial charge in [-0.05, 0) is 17.9 Å². The van der Waals surface area contributed by atoms with E-state index in [1.807, 2.05) is 25.2 Å². The van der Waals surface area contributed by atoms with Gasteiger partial charge >= 0.3 is 0 Å². The largest absolute Gasteiger partial charge is 0.383 e. The molecule has 1 unspecified atom stereocenters. The zero-order chi connectivity index (χ0) is 9.30. The first-order valence-electron chi connectivity index (χ1n) is 4.42. The second-order valence-corrected chi connectivity index (χ2v) is 3.93. The Labute approximate surface area is 74.2 Å². The summed E-state index contributed by atoms with van der Waals surface area (Å²) in [6, 6.07) is 0. The van der Waals surface area contributed by atoms with Crippen LogP contribution in [0.25, 0.3) is 0 Å². The fourth-order valence-corrected chi connectivity index (χ4v) is 1.51. The molecule has 1 saturated carbocycles. The molecule has 0 aromatic heterocycles. The van der Waals surface area contributed by atoms with Crippen LogP contribution in [0.5, 0.6) is 0 Å². The predicted molar refractivity (Wildman–Crippen MR) is 49.7 cm³/mol. The van der Waals surface area contributed by atoms with Crippen LogP contribution in [-0.2, 0) is 4.79 Å². The predicted octanol–water partition coefficient (Wildman–Crippen LogP) is 1.53. The molecule has 0 spiro atoms. The van der Waals surface area contributed by atoms with Gasteiger partial charge in [-0.15, -0.1) is 0 Å². The van der Waals surface area contributed by atoms with Crippen LogP contribution in [0.1, 0.15) is 13.8 Å². The number of carbonyl (C=O) groups excluding carboxylic acids is 1. The molecule has 1 fully saturated rings. The average Bonchev–Trinajstić information content (AvgIpc) is 2.56. The third-order valence-electron chi connectivity index (χ3n) is 2.69. The number of rotatable bonds is 3. The van der Waals surface area contributed by atoms with E-state index in [0.717, 1.165) is 0 Å². The lowest BCUT2D eigenvalue weighted by Gasteiger charge is -2.01. The number of allylic oxidation sites excluding steroid dienone is 1. The fourth-order valence-electron chi connectivity index (χ4n) is 1.51. The average molecular weight is 167 g/mol. The highest BCUT2D eigenvalue weighted by Gasteiger charge is 2.46. The molecule has 12 heavy (non-hydrogen) atoms. The van der Waals surface area contributed by atoms with Crippen LogP contribution in [0.2, 0.25) is 0 Å². The SMILES string of the molecule is C[C@@H]1C(C(=O)/C=C/N(C)C)[C@@H]1C. The number of nitrogens with zero attached hydrogens (tertiary/aromatic N) is 1. The molecule has 0 amide bonds. The molecule has 0 aliphatic heterocycles. The van der Waals surface area contributed by atoms with E-state index in [9.17, 15) is 4.79 Å². The van der Waals surface area contributed by atoms with Crippen molar-refractivity contribution in [3.63, 3.8) is 0 Å². The Morgan fingerprint density at radius 1 is 1.25 bits per heavy atom. The molecule has 0 saturated heterocycles. The minimum Gasteiger partial charge on any atom is -0.383 e. The molecule has 1 aliphatic rings. The highest BCUT2D eigenvalue weighted by molar-refractivity contribution is 5.94. The van der Waals surface area contributed by atoms with Gasteiger partial charge in [-0.25, -0.2) is 0 Å². The summed E-state index contributed by atoms with van der Waals surface area (Å²) in [5.74, 6) is 1.75. The highest BCUT2D eigenvalue weighted by atomic mass is 16.1. The lowest BCUT2D eigenvalue weighted by molar-refractivity contribution is -0.116. The Kier molecular flexibility index (Phi) is 2.55. The summed E-state index contributed by atoms with van der Waals surface area (Å²) in [5.41, 5.74) is 0. The molecular formula is C10H17NO. The summed E-state index contributed by atoms with van der Waals surface area (Å²) >= 11 is 0. The minimum atomic E-state index is 0.281. The van der Waals surface area contributed by atoms with Crippen molar-refractivity contribution < 1.29 is 4.79 Å². The van der Waals surface area contributed by atoms with Crippen LogP contribution in [0.4, 0.5) is 0 Å². The summed E-state index contributed by atoms with van der Waals surface area (Å²) in [7, 11) is 3.84. The Morgan fingerprint density at radius 2 is 1.75 bits per heavy atom. The van der Waals surface area contributed by atoms with Gasteiger partial charge in [-0.2, -0.15) is 0 Å². The van der Waals surface area contributed by atoms with E-state index in [-0.39, 0.29) is 5.78 Å². The number of carbonyl (C=O) groups is 1. The molecule has 0 radical (unpaired) electrons. The number of hydrogen-bond acceptors (Lipinski definition) is 2. The summed E-state index contributed by atoms with van der Waals surface area (Å²) in [5, 5.41) is 0. The molecule has 0 heterocycles. The normalized spacial score (nSPS) is 33.8. The van der Waals surface area contributed by atoms with Crippen molar-refractivity contribution in [1.82, 2.24) is 4.90 Å². The highest BCUT2D eigenvalue weighted by Crippen LogP contribution is 2.46. The second kappa shape index (κ2) is 3.30. The first kappa shape index (κ1) is 9.30. The van der Waals surface area contributed by atoms with Crippen LogP contribution in [0.15, 0.2) is 12.3 Å². The Bertz CT molecular complexity index is 200. The first-order chi connectivity index (χ1) is 5.54. The molecule has 3 atom stereocenters. The summed E-state index contributed by atoms with van der Waals surface area (Å²) in [6.07, 6.45) is 3.50. The van der Waals surface area contributed by atoms with Crippen molar-refractivity contribution in [3.8, 4) is 0 Å². The zero-order valence-corrected chi connectivity index (χ0v) is 8.24. The Hall–Kier alpha value is -0.790. The number of ketones is 1. The molecule has 1 aliphatic carbocycles. The van der Waals surface area contributed by atoms with Gasteiger partial charge in [0.25, 0.3) is 0 Å². The standard InChI is InChI=1S/C10H17NO/c1-7-8(2)10(7)9(12)5-6-11(3)4/h5-8,10H,1-4H3/b6-5+/t7-,8+,10?. The van der Waals surface area contributed by atoms with Crippen molar-refractivity contribution in [2.45, 2.75) is 13.8 Å². The van der Waals surface area contributed by atoms with Crippen molar-refractivity contribution >= 4 is 5.78 Å². The van der Waals surface area contributed by atoms with E-state index in [1.54, 1.807) is 6.08 Å². The quantitative estimate of drug-likeness (QED) is 0.594. The maximum atomic E-state index is 11.4. The second-order valence-electron chi connectivity index (χ2n) is 3.93. The minimum absolute atomic E-state index is 0.281. The van der Waals surface area contributed by atoms with Crippen LogP contribution in [0.3, 0.4) is 0 Å². The third-order valence-corrected chi connectivity index (χ3v) is 2.69. The van der Waals surface area contributed by atoms with E-state index < -0.39 is 0 Å². The molecule has 0 bridgehead atoms. The van der Waals surface area contributed by atoms with Gasteiger partial charge in [0.15, 0.2) is 5.78 Å². The zero-order valence-electron chi connectivity index (χ0n) is 8.24. The maximum Gasteiger partial charge on any atom is 0.160 e. The molecule has 1 rings (SSSR count). The van der Waals surface area contributed by atoms with Gasteiger partial charge < -0.3 is 4.90 Å². The van der Waals surface area contributed by atoms with E-state index >= 15 is 0 Å². The molecule has 0 aromatic carbocycles. The Balaban J connectivity index is 2.41. The van der Waals surface area contributed by atoms with Crippen LogP contribution in [-0.4, -0.2) is 24.8 Å². The van der Waals surface area contributed by atoms with Gasteiger partial charge in [0.05, 0.1) is 0 Å². The van der Waals surface area contributed by atoms with Crippen LogP contribution in [0, 0.1) is 17.8 Å². The lowest BCUT2D eigenvalue weighted by Crippen LogP contribution is -2.04. The van der Waals surface area contributed by atoms with E-state index in [1.165, 1.54) is 0 Å². The third kappa shape index (κ3) is 1.87. The fraction of sp³-hybridized carbons (Fsp3) is 0.700. The molecule has 2 heteroatoms. The summed E-state index contributed by atoms with van der Waals surface area (Å²) in [4.78, 5) is 13.3. The molecule has 0 N–H and O–H groups in total. The van der Waals surface area contributed by atoms with Gasteiger partial charge in [-0.1, -0.05) is 13.8 Å². The summed E-state index contributed by atoms with van der Waals surface area (Å²) < 4.78 is 0. The topological polar surface area (TPSA) is 20.3 Å². The summed E-state index contributed by atoms with van der Waals surface area (Å²) in [6.45, 7) is 4.27. The van der Waals surface area contributed by atoms with E-state index in [2.05, 4.69) is 13.8 Å². The first-order valence-corrected chi connectivity index (χ1v) is 4.42. The monoisotopic (exact) mass is 167 g/mol. The van der Waals surface area contributed by atoms with Crippen molar-refractivity contribution in [1.29, 1.82) is 0 Å². The van der Waals surface area contributed by atoms with Gasteiger partial charge in [0.2, 0.25) is 0 Å². The van der Waals surface area contributed by atoms with Crippen LogP contribution >= 0.6 is 0 Å². The van der Waals surface area contributed by atoms with E-state index in [0.29, 0.717) is 17.8 Å². The lowest BCUT2D eigenvalue weighted by atomic mass is 10.2. The maximum absolute atomic E-state index is 11.4. The van der Waals surface area contributed by atoms with Gasteiger partial charge in [0.1, 0.15) is 0 Å². The number of hydrogen-bond donors (Lipinski definition) is 0. The van der Waals surface area contributed by atoms with Gasteiger partial charge in [0, 0.05) is 26.2 Å². The van der Waals surface area contributed by atoms with Gasteiger partial charge in [-0.3, -0.25) is 4.79 Å².